The summed E-state index contributed by atoms with van der Waals surface area (Å²) in [7, 11) is 0. The highest BCUT2D eigenvalue weighted by atomic mass is 16.2. The lowest BCUT2D eigenvalue weighted by molar-refractivity contribution is -0.120. The summed E-state index contributed by atoms with van der Waals surface area (Å²) in [5.74, 6) is 0.228. The standard InChI is InChI=1S/C17H17NO/c19-17-13-7-12-16(14-8-3-1-4-9-14)18(17)15-10-5-2-6-11-15/h1-6,8-11,16H,7,12-13H2/t16-/m1/s1. The summed E-state index contributed by atoms with van der Waals surface area (Å²) in [5, 5.41) is 0. The van der Waals surface area contributed by atoms with Crippen molar-refractivity contribution in [2.24, 2.45) is 0 Å². The third-order valence-electron chi connectivity index (χ3n) is 3.67. The van der Waals surface area contributed by atoms with Gasteiger partial charge in [-0.15, -0.1) is 0 Å². The number of nitrogens with zero attached hydrogens (tertiary/aromatic N) is 1. The number of amides is 1. The molecule has 2 aromatic carbocycles. The second-order valence-electron chi connectivity index (χ2n) is 4.92. The molecule has 1 atom stereocenters. The van der Waals surface area contributed by atoms with Gasteiger partial charge in [-0.2, -0.15) is 0 Å². The third kappa shape index (κ3) is 2.39. The van der Waals surface area contributed by atoms with Crippen molar-refractivity contribution in [3.8, 4) is 0 Å². The van der Waals surface area contributed by atoms with Crippen LogP contribution in [-0.4, -0.2) is 5.91 Å². The number of hydrogen-bond donors (Lipinski definition) is 0. The summed E-state index contributed by atoms with van der Waals surface area (Å²) in [4.78, 5) is 14.3. The Kier molecular flexibility index (Phi) is 3.32. The van der Waals surface area contributed by atoms with Crippen molar-refractivity contribution in [3.63, 3.8) is 0 Å². The zero-order valence-electron chi connectivity index (χ0n) is 10.8. The molecule has 0 aliphatic carbocycles. The van der Waals surface area contributed by atoms with Gasteiger partial charge in [0.2, 0.25) is 5.91 Å². The first-order valence-electron chi connectivity index (χ1n) is 6.78. The predicted molar refractivity (Wildman–Crippen MR) is 77.0 cm³/mol. The van der Waals surface area contributed by atoms with Gasteiger partial charge in [0.1, 0.15) is 0 Å². The fourth-order valence-corrected chi connectivity index (χ4v) is 2.77. The smallest absolute Gasteiger partial charge is 0.227 e. The molecule has 0 spiro atoms. The summed E-state index contributed by atoms with van der Waals surface area (Å²) in [6.07, 6.45) is 2.66. The first-order chi connectivity index (χ1) is 9.36. The van der Waals surface area contributed by atoms with E-state index in [-0.39, 0.29) is 11.9 Å². The maximum atomic E-state index is 12.3. The number of hydrogen-bond acceptors (Lipinski definition) is 1. The molecule has 96 valence electrons. The molecule has 1 aliphatic heterocycles. The van der Waals surface area contributed by atoms with Gasteiger partial charge in [-0.25, -0.2) is 0 Å². The lowest BCUT2D eigenvalue weighted by Gasteiger charge is -2.36. The Bertz CT molecular complexity index is 550. The summed E-state index contributed by atoms with van der Waals surface area (Å²) < 4.78 is 0. The van der Waals surface area contributed by atoms with Crippen LogP contribution in [0.3, 0.4) is 0 Å². The Morgan fingerprint density at radius 2 is 1.53 bits per heavy atom. The maximum absolute atomic E-state index is 12.3. The third-order valence-corrected chi connectivity index (χ3v) is 3.67. The van der Waals surface area contributed by atoms with Gasteiger partial charge >= 0.3 is 0 Å². The first kappa shape index (κ1) is 12.0. The number of carbonyl (C=O) groups is 1. The van der Waals surface area contributed by atoms with Gasteiger partial charge in [0.05, 0.1) is 6.04 Å². The Morgan fingerprint density at radius 1 is 0.895 bits per heavy atom. The van der Waals surface area contributed by atoms with E-state index in [1.165, 1.54) is 5.56 Å². The molecule has 19 heavy (non-hydrogen) atoms. The van der Waals surface area contributed by atoms with E-state index in [2.05, 4.69) is 12.1 Å². The van der Waals surface area contributed by atoms with Crippen molar-refractivity contribution in [2.75, 3.05) is 4.90 Å². The van der Waals surface area contributed by atoms with E-state index < -0.39 is 0 Å². The molecule has 0 bridgehead atoms. The van der Waals surface area contributed by atoms with Crippen LogP contribution in [0.1, 0.15) is 30.9 Å². The number of piperidine rings is 1. The van der Waals surface area contributed by atoms with Crippen molar-refractivity contribution >= 4 is 11.6 Å². The molecule has 3 rings (SSSR count). The fraction of sp³-hybridized carbons (Fsp3) is 0.235. The first-order valence-corrected chi connectivity index (χ1v) is 6.78. The second-order valence-corrected chi connectivity index (χ2v) is 4.92. The van der Waals surface area contributed by atoms with Crippen molar-refractivity contribution in [1.82, 2.24) is 0 Å². The molecular formula is C17H17NO. The molecule has 2 aromatic rings. The normalized spacial score (nSPS) is 19.5. The molecule has 0 N–H and O–H groups in total. The maximum Gasteiger partial charge on any atom is 0.227 e. The summed E-state index contributed by atoms with van der Waals surface area (Å²) >= 11 is 0. The van der Waals surface area contributed by atoms with Gasteiger partial charge < -0.3 is 4.90 Å². The molecule has 1 amide bonds. The Hall–Kier alpha value is -2.09. The average Bonchev–Trinajstić information content (AvgIpc) is 2.49. The zero-order chi connectivity index (χ0) is 13.1. The summed E-state index contributed by atoms with van der Waals surface area (Å²) in [6, 6.07) is 20.5. The summed E-state index contributed by atoms with van der Waals surface area (Å²) in [5.41, 5.74) is 2.22. The number of rotatable bonds is 2. The number of anilines is 1. The molecule has 0 unspecified atom stereocenters. The molecule has 2 nitrogen and oxygen atoms in total. The lowest BCUT2D eigenvalue weighted by atomic mass is 9.94. The van der Waals surface area contributed by atoms with Gasteiger partial charge in [0.25, 0.3) is 0 Å². The molecule has 1 aliphatic rings. The molecule has 0 aromatic heterocycles. The second kappa shape index (κ2) is 5.27. The van der Waals surface area contributed by atoms with Crippen LogP contribution < -0.4 is 4.90 Å². The zero-order valence-corrected chi connectivity index (χ0v) is 10.8. The molecule has 0 saturated carbocycles. The minimum atomic E-state index is 0.171. The largest absolute Gasteiger partial charge is 0.305 e. The highest BCUT2D eigenvalue weighted by Gasteiger charge is 2.29. The molecule has 2 heteroatoms. The van der Waals surface area contributed by atoms with E-state index in [4.69, 9.17) is 0 Å². The topological polar surface area (TPSA) is 20.3 Å². The molecule has 1 fully saturated rings. The summed E-state index contributed by atoms with van der Waals surface area (Å²) in [6.45, 7) is 0. The van der Waals surface area contributed by atoms with Gasteiger partial charge in [0, 0.05) is 12.1 Å². The number of benzene rings is 2. The van der Waals surface area contributed by atoms with Gasteiger partial charge in [-0.1, -0.05) is 48.5 Å². The van der Waals surface area contributed by atoms with E-state index >= 15 is 0 Å². The van der Waals surface area contributed by atoms with Crippen LogP contribution in [0.4, 0.5) is 5.69 Å². The van der Waals surface area contributed by atoms with Crippen molar-refractivity contribution in [2.45, 2.75) is 25.3 Å². The van der Waals surface area contributed by atoms with Crippen LogP contribution in [0.5, 0.6) is 0 Å². The average molecular weight is 251 g/mol. The van der Waals surface area contributed by atoms with Crippen LogP contribution in [0.15, 0.2) is 60.7 Å². The minimum Gasteiger partial charge on any atom is -0.305 e. The highest BCUT2D eigenvalue weighted by Crippen LogP contribution is 2.35. The van der Waals surface area contributed by atoms with Crippen molar-refractivity contribution < 1.29 is 4.79 Å². The van der Waals surface area contributed by atoms with Crippen LogP contribution in [0.25, 0.3) is 0 Å². The fourth-order valence-electron chi connectivity index (χ4n) is 2.77. The van der Waals surface area contributed by atoms with Crippen LogP contribution >= 0.6 is 0 Å². The van der Waals surface area contributed by atoms with Gasteiger partial charge in [-0.3, -0.25) is 4.79 Å². The number of para-hydroxylation sites is 1. The van der Waals surface area contributed by atoms with Crippen LogP contribution in [0, 0.1) is 0 Å². The highest BCUT2D eigenvalue weighted by molar-refractivity contribution is 5.94. The van der Waals surface area contributed by atoms with Crippen LogP contribution in [-0.2, 0) is 4.79 Å². The van der Waals surface area contributed by atoms with Crippen molar-refractivity contribution in [3.05, 3.63) is 66.2 Å². The SMILES string of the molecule is O=C1CCC[C@H](c2ccccc2)N1c1ccccc1. The van der Waals surface area contributed by atoms with E-state index in [0.29, 0.717) is 6.42 Å². The molecule has 0 radical (unpaired) electrons. The minimum absolute atomic E-state index is 0.171. The van der Waals surface area contributed by atoms with E-state index in [1.54, 1.807) is 0 Å². The van der Waals surface area contributed by atoms with Gasteiger partial charge in [0.15, 0.2) is 0 Å². The lowest BCUT2D eigenvalue weighted by Crippen LogP contribution is -2.38. The predicted octanol–water partition coefficient (Wildman–Crippen LogP) is 3.94. The number of carbonyl (C=O) groups excluding carboxylic acids is 1. The van der Waals surface area contributed by atoms with Gasteiger partial charge in [-0.05, 0) is 30.5 Å². The van der Waals surface area contributed by atoms with E-state index in [9.17, 15) is 4.79 Å². The van der Waals surface area contributed by atoms with E-state index in [1.807, 2.05) is 53.4 Å². The molecule has 1 heterocycles. The Morgan fingerprint density at radius 3 is 2.21 bits per heavy atom. The molecule has 1 saturated heterocycles. The Labute approximate surface area is 113 Å². The van der Waals surface area contributed by atoms with E-state index in [0.717, 1.165) is 18.5 Å². The monoisotopic (exact) mass is 251 g/mol. The quantitative estimate of drug-likeness (QED) is 0.791. The van der Waals surface area contributed by atoms with Crippen LogP contribution in [0.2, 0.25) is 0 Å². The molecular weight excluding hydrogens is 234 g/mol. The Balaban J connectivity index is 1.99. The van der Waals surface area contributed by atoms with Crippen molar-refractivity contribution in [1.29, 1.82) is 0 Å².